The molecule has 0 saturated carbocycles. The van der Waals surface area contributed by atoms with Gasteiger partial charge in [0.1, 0.15) is 0 Å². The number of fused-ring (bicyclic) bond motifs is 4. The predicted octanol–water partition coefficient (Wildman–Crippen LogP) is 6.04. The molecular weight excluding hydrogens is 510 g/mol. The maximum atomic E-state index is 12.0. The number of rotatable bonds is 5. The van der Waals surface area contributed by atoms with Crippen molar-refractivity contribution < 1.29 is 19.7 Å². The number of para-hydroxylation sites is 1. The van der Waals surface area contributed by atoms with Crippen LogP contribution in [0.2, 0.25) is 0 Å². The fourth-order valence-corrected chi connectivity index (χ4v) is 5.46. The molecule has 0 fully saturated rings. The molecule has 0 bridgehead atoms. The highest BCUT2D eigenvalue weighted by molar-refractivity contribution is 6.08. The lowest BCUT2D eigenvalue weighted by atomic mass is 9.83. The number of nitro groups is 4. The lowest BCUT2D eigenvalue weighted by molar-refractivity contribution is -0.395. The van der Waals surface area contributed by atoms with Crippen molar-refractivity contribution >= 4 is 34.0 Å². The Morgan fingerprint density at radius 3 is 1.64 bits per heavy atom. The van der Waals surface area contributed by atoms with Crippen LogP contribution in [0.15, 0.2) is 66.4 Å². The van der Waals surface area contributed by atoms with E-state index >= 15 is 0 Å². The van der Waals surface area contributed by atoms with Crippen molar-refractivity contribution in [3.63, 3.8) is 0 Å². The Labute approximate surface area is 219 Å². The molecule has 2 aliphatic rings. The fraction of sp³-hybridized carbons (Fsp3) is 0.154. The summed E-state index contributed by atoms with van der Waals surface area (Å²) in [6, 6.07) is 11.4. The third-order valence-corrected chi connectivity index (χ3v) is 7.20. The van der Waals surface area contributed by atoms with E-state index in [9.17, 15) is 40.5 Å². The summed E-state index contributed by atoms with van der Waals surface area (Å²) < 4.78 is 0. The third kappa shape index (κ3) is 3.70. The number of nitrogens with zero attached hydrogens (tertiary/aromatic N) is 5. The lowest BCUT2D eigenvalue weighted by Crippen LogP contribution is -2.22. The second-order valence-electron chi connectivity index (χ2n) is 9.64. The number of hydrogen-bond donors (Lipinski definition) is 0. The molecule has 0 saturated heterocycles. The van der Waals surface area contributed by atoms with Gasteiger partial charge in [-0.25, -0.2) is 0 Å². The number of allylic oxidation sites excluding steroid dienone is 3. The van der Waals surface area contributed by atoms with Crippen molar-refractivity contribution in [2.75, 3.05) is 11.9 Å². The molecule has 39 heavy (non-hydrogen) atoms. The molecule has 1 aliphatic carbocycles. The molecule has 0 aromatic heterocycles. The number of benzene rings is 3. The summed E-state index contributed by atoms with van der Waals surface area (Å²) in [5.41, 5.74) is -0.498. The second-order valence-corrected chi connectivity index (χ2v) is 9.64. The van der Waals surface area contributed by atoms with Crippen molar-refractivity contribution in [3.05, 3.63) is 124 Å². The van der Waals surface area contributed by atoms with Crippen molar-refractivity contribution in [2.24, 2.45) is 0 Å². The summed E-state index contributed by atoms with van der Waals surface area (Å²) in [6.45, 7) is 4.00. The number of hydrogen-bond acceptors (Lipinski definition) is 9. The first-order valence-electron chi connectivity index (χ1n) is 11.5. The van der Waals surface area contributed by atoms with Gasteiger partial charge in [0.15, 0.2) is 0 Å². The van der Waals surface area contributed by atoms with Gasteiger partial charge < -0.3 is 4.90 Å². The third-order valence-electron chi connectivity index (χ3n) is 7.20. The fourth-order valence-electron chi connectivity index (χ4n) is 5.46. The Kier molecular flexibility index (Phi) is 5.52. The zero-order valence-electron chi connectivity index (χ0n) is 20.8. The molecular formula is C26H19N5O8. The Morgan fingerprint density at radius 2 is 1.21 bits per heavy atom. The van der Waals surface area contributed by atoms with Gasteiger partial charge in [-0.2, -0.15) is 0 Å². The van der Waals surface area contributed by atoms with Gasteiger partial charge >= 0.3 is 0 Å². The Bertz CT molecular complexity index is 1640. The van der Waals surface area contributed by atoms with E-state index in [-0.39, 0.29) is 27.8 Å². The summed E-state index contributed by atoms with van der Waals surface area (Å²) in [5, 5.41) is 47.3. The zero-order chi connectivity index (χ0) is 28.4. The number of anilines is 1. The van der Waals surface area contributed by atoms with Crippen LogP contribution < -0.4 is 4.90 Å². The number of nitro benzene ring substituents is 4. The summed E-state index contributed by atoms with van der Waals surface area (Å²) in [5.74, 6) is 0. The van der Waals surface area contributed by atoms with Crippen LogP contribution in [-0.4, -0.2) is 26.7 Å². The average Bonchev–Trinajstić information content (AvgIpc) is 3.29. The second kappa shape index (κ2) is 8.55. The smallest absolute Gasteiger partial charge is 0.284 e. The molecule has 0 unspecified atom stereocenters. The van der Waals surface area contributed by atoms with Crippen LogP contribution in [0.25, 0.3) is 16.7 Å². The Balaban J connectivity index is 1.86. The maximum absolute atomic E-state index is 12.0. The van der Waals surface area contributed by atoms with Crippen LogP contribution in [0.3, 0.4) is 0 Å². The van der Waals surface area contributed by atoms with E-state index in [0.717, 1.165) is 41.2 Å². The molecule has 13 nitrogen and oxygen atoms in total. The topological polar surface area (TPSA) is 176 Å². The number of non-ortho nitro benzene ring substituents is 2. The van der Waals surface area contributed by atoms with E-state index in [1.165, 1.54) is 0 Å². The van der Waals surface area contributed by atoms with Crippen LogP contribution >= 0.6 is 0 Å². The van der Waals surface area contributed by atoms with Crippen molar-refractivity contribution in [3.8, 4) is 11.1 Å². The first-order chi connectivity index (χ1) is 18.3. The van der Waals surface area contributed by atoms with Crippen LogP contribution in [0.5, 0.6) is 0 Å². The van der Waals surface area contributed by atoms with Crippen molar-refractivity contribution in [2.45, 2.75) is 19.3 Å². The first kappa shape index (κ1) is 25.2. The SMILES string of the molecule is CN1/C(=C\C=C2c3cc([N+](=O)[O-])cc([N+](=O)[O-])c3-c3c2cc([N+](=O)[O-])cc3[N+](=O)[O-])C(C)(C)c2ccccc21. The lowest BCUT2D eigenvalue weighted by Gasteiger charge is -2.23. The highest BCUT2D eigenvalue weighted by Crippen LogP contribution is 2.55. The normalized spacial score (nSPS) is 15.5. The molecule has 0 amide bonds. The number of likely N-dealkylation sites (N-methyl/N-ethyl adjacent to an activating group) is 1. The van der Waals surface area contributed by atoms with Crippen LogP contribution in [-0.2, 0) is 5.41 Å². The molecule has 0 N–H and O–H groups in total. The van der Waals surface area contributed by atoms with E-state index in [1.54, 1.807) is 12.2 Å². The van der Waals surface area contributed by atoms with Crippen LogP contribution in [0, 0.1) is 40.5 Å². The van der Waals surface area contributed by atoms with Gasteiger partial charge in [-0.3, -0.25) is 40.5 Å². The van der Waals surface area contributed by atoms with Crippen molar-refractivity contribution in [1.82, 2.24) is 0 Å². The van der Waals surface area contributed by atoms with Crippen molar-refractivity contribution in [1.29, 1.82) is 0 Å². The van der Waals surface area contributed by atoms with Gasteiger partial charge in [0, 0.05) is 47.1 Å². The molecule has 1 aliphatic heterocycles. The van der Waals surface area contributed by atoms with E-state index in [4.69, 9.17) is 0 Å². The highest BCUT2D eigenvalue weighted by atomic mass is 16.6. The zero-order valence-corrected chi connectivity index (χ0v) is 20.8. The summed E-state index contributed by atoms with van der Waals surface area (Å²) in [4.78, 5) is 45.9. The van der Waals surface area contributed by atoms with Gasteiger partial charge in [-0.1, -0.05) is 38.1 Å². The molecule has 1 heterocycles. The van der Waals surface area contributed by atoms with E-state index in [1.807, 2.05) is 50.1 Å². The van der Waals surface area contributed by atoms with Crippen LogP contribution in [0.1, 0.15) is 30.5 Å². The molecule has 0 radical (unpaired) electrons. The van der Waals surface area contributed by atoms with Gasteiger partial charge in [-0.05, 0) is 23.3 Å². The van der Waals surface area contributed by atoms with E-state index in [0.29, 0.717) is 0 Å². The predicted molar refractivity (Wildman–Crippen MR) is 142 cm³/mol. The Morgan fingerprint density at radius 1 is 0.718 bits per heavy atom. The minimum Gasteiger partial charge on any atom is -0.347 e. The molecule has 0 spiro atoms. The van der Waals surface area contributed by atoms with E-state index in [2.05, 4.69) is 0 Å². The maximum Gasteiger partial charge on any atom is 0.284 e. The minimum atomic E-state index is -0.855. The average molecular weight is 529 g/mol. The highest BCUT2D eigenvalue weighted by Gasteiger charge is 2.41. The summed E-state index contributed by atoms with van der Waals surface area (Å²) in [7, 11) is 1.86. The standard InChI is InChI=1S/C26H19N5O8/c1-26(2)19-6-4-5-7-20(19)27(3)23(26)9-8-16-17-10-14(28(32)33)12-21(30(36)37)24(17)25-18(16)11-15(29(34)35)13-22(25)31(38)39/h4-13H,1-3H3/b23-9-. The molecule has 196 valence electrons. The molecule has 5 rings (SSSR count). The molecule has 3 aromatic rings. The monoisotopic (exact) mass is 529 g/mol. The van der Waals surface area contributed by atoms with E-state index < -0.39 is 47.9 Å². The first-order valence-corrected chi connectivity index (χ1v) is 11.5. The van der Waals surface area contributed by atoms with Gasteiger partial charge in [0.2, 0.25) is 0 Å². The minimum absolute atomic E-state index is 0.00215. The molecule has 0 atom stereocenters. The molecule has 13 heteroatoms. The quantitative estimate of drug-likeness (QED) is 0.220. The molecule has 3 aromatic carbocycles. The summed E-state index contributed by atoms with van der Waals surface area (Å²) >= 11 is 0. The summed E-state index contributed by atoms with van der Waals surface area (Å²) in [6.07, 6.45) is 3.27. The largest absolute Gasteiger partial charge is 0.347 e. The Hall–Kier alpha value is -5.46. The van der Waals surface area contributed by atoms with Gasteiger partial charge in [-0.15, -0.1) is 0 Å². The van der Waals surface area contributed by atoms with Crippen LogP contribution in [0.4, 0.5) is 28.4 Å². The van der Waals surface area contributed by atoms with Gasteiger partial charge in [0.05, 0.1) is 43.0 Å². The van der Waals surface area contributed by atoms with Gasteiger partial charge in [0.25, 0.3) is 22.7 Å².